The van der Waals surface area contributed by atoms with Crippen LogP contribution in [0.3, 0.4) is 0 Å². The minimum Gasteiger partial charge on any atom is -0.439 e. The highest BCUT2D eigenvalue weighted by molar-refractivity contribution is 9.10. The van der Waals surface area contributed by atoms with Crippen molar-refractivity contribution in [1.82, 2.24) is 9.97 Å². The van der Waals surface area contributed by atoms with E-state index in [1.165, 1.54) is 0 Å². The predicted octanol–water partition coefficient (Wildman–Crippen LogP) is 4.49. The summed E-state index contributed by atoms with van der Waals surface area (Å²) < 4.78 is 6.72. The van der Waals surface area contributed by atoms with Crippen LogP contribution in [0.2, 0.25) is 0 Å². The first-order chi connectivity index (χ1) is 9.22. The Hall–Kier alpha value is -1.94. The number of benzene rings is 1. The molecule has 0 aliphatic rings. The van der Waals surface area contributed by atoms with Gasteiger partial charge in [0.2, 0.25) is 5.88 Å². The van der Waals surface area contributed by atoms with Crippen molar-refractivity contribution in [2.75, 3.05) is 0 Å². The lowest BCUT2D eigenvalue weighted by molar-refractivity contribution is 0.462. The van der Waals surface area contributed by atoms with Gasteiger partial charge in [-0.15, -0.1) is 0 Å². The maximum absolute atomic E-state index is 5.75. The Bertz CT molecular complexity index is 743. The van der Waals surface area contributed by atoms with E-state index in [4.69, 9.17) is 4.74 Å². The highest BCUT2D eigenvalue weighted by Crippen LogP contribution is 2.25. The third kappa shape index (κ3) is 2.58. The Morgan fingerprint density at radius 1 is 1.11 bits per heavy atom. The topological polar surface area (TPSA) is 35.0 Å². The van der Waals surface area contributed by atoms with Gasteiger partial charge in [-0.1, -0.05) is 6.07 Å². The number of fused-ring (bicyclic) bond motifs is 1. The van der Waals surface area contributed by atoms with Crippen molar-refractivity contribution in [2.45, 2.75) is 6.92 Å². The Balaban J connectivity index is 1.94. The molecule has 3 aromatic rings. The van der Waals surface area contributed by atoms with E-state index in [0.29, 0.717) is 5.88 Å². The van der Waals surface area contributed by atoms with Gasteiger partial charge in [-0.2, -0.15) is 0 Å². The highest BCUT2D eigenvalue weighted by atomic mass is 79.9. The number of rotatable bonds is 2. The summed E-state index contributed by atoms with van der Waals surface area (Å²) in [7, 11) is 0. The fraction of sp³-hybridized carbons (Fsp3) is 0.0667. The molecule has 0 aliphatic heterocycles. The molecule has 19 heavy (non-hydrogen) atoms. The molecular weight excluding hydrogens is 304 g/mol. The summed E-state index contributed by atoms with van der Waals surface area (Å²) in [5, 5.41) is 1.09. The largest absolute Gasteiger partial charge is 0.439 e. The van der Waals surface area contributed by atoms with Gasteiger partial charge in [0.05, 0.1) is 11.2 Å². The minimum atomic E-state index is 0.580. The van der Waals surface area contributed by atoms with Crippen molar-refractivity contribution in [3.63, 3.8) is 0 Å². The first-order valence-corrected chi connectivity index (χ1v) is 6.67. The normalized spacial score (nSPS) is 10.6. The highest BCUT2D eigenvalue weighted by Gasteiger charge is 2.03. The maximum Gasteiger partial charge on any atom is 0.219 e. The molecule has 0 saturated carbocycles. The molecule has 0 amide bonds. The number of ether oxygens (including phenoxy) is 1. The molecule has 0 N–H and O–H groups in total. The lowest BCUT2D eigenvalue weighted by Gasteiger charge is -2.07. The zero-order valence-electron chi connectivity index (χ0n) is 10.3. The van der Waals surface area contributed by atoms with E-state index in [-0.39, 0.29) is 0 Å². The molecule has 0 bridgehead atoms. The van der Waals surface area contributed by atoms with E-state index >= 15 is 0 Å². The van der Waals surface area contributed by atoms with Crippen LogP contribution in [-0.4, -0.2) is 9.97 Å². The molecule has 1 aromatic carbocycles. The third-order valence-corrected chi connectivity index (χ3v) is 3.63. The van der Waals surface area contributed by atoms with Crippen LogP contribution in [0.4, 0.5) is 0 Å². The van der Waals surface area contributed by atoms with Gasteiger partial charge in [-0.05, 0) is 47.1 Å². The predicted molar refractivity (Wildman–Crippen MR) is 78.5 cm³/mol. The Morgan fingerprint density at radius 2 is 2.00 bits per heavy atom. The standard InChI is InChI=1S/C15H11BrN2O/c1-10-13(16)6-7-15(18-10)19-12-5-4-11-3-2-8-17-14(11)9-12/h2-9H,1H3. The summed E-state index contributed by atoms with van der Waals surface area (Å²) in [6, 6.07) is 13.5. The SMILES string of the molecule is Cc1nc(Oc2ccc3cccnc3c2)ccc1Br. The quantitative estimate of drug-likeness (QED) is 0.699. The van der Waals surface area contributed by atoms with E-state index in [0.717, 1.165) is 26.8 Å². The summed E-state index contributed by atoms with van der Waals surface area (Å²) >= 11 is 3.42. The lowest BCUT2D eigenvalue weighted by Crippen LogP contribution is -1.91. The zero-order chi connectivity index (χ0) is 13.2. The molecule has 0 saturated heterocycles. The number of hydrogen-bond acceptors (Lipinski definition) is 3. The molecular formula is C15H11BrN2O. The second-order valence-electron chi connectivity index (χ2n) is 4.18. The molecule has 0 spiro atoms. The van der Waals surface area contributed by atoms with Crippen molar-refractivity contribution in [3.8, 4) is 11.6 Å². The van der Waals surface area contributed by atoms with Crippen molar-refractivity contribution < 1.29 is 4.74 Å². The Kier molecular flexibility index (Phi) is 3.17. The molecule has 0 fully saturated rings. The Labute approximate surface area is 119 Å². The van der Waals surface area contributed by atoms with Gasteiger partial charge < -0.3 is 4.74 Å². The van der Waals surface area contributed by atoms with Crippen LogP contribution < -0.4 is 4.74 Å². The zero-order valence-corrected chi connectivity index (χ0v) is 11.9. The maximum atomic E-state index is 5.75. The molecule has 0 unspecified atom stereocenters. The van der Waals surface area contributed by atoms with Crippen molar-refractivity contribution in [2.24, 2.45) is 0 Å². The molecule has 2 heterocycles. The summed E-state index contributed by atoms with van der Waals surface area (Å²) in [5.41, 5.74) is 1.81. The van der Waals surface area contributed by atoms with Gasteiger partial charge in [0.15, 0.2) is 0 Å². The van der Waals surface area contributed by atoms with Crippen LogP contribution in [-0.2, 0) is 0 Å². The van der Waals surface area contributed by atoms with Crippen molar-refractivity contribution >= 4 is 26.8 Å². The fourth-order valence-electron chi connectivity index (χ4n) is 1.81. The average molecular weight is 315 g/mol. The van der Waals surface area contributed by atoms with Gasteiger partial charge in [0.25, 0.3) is 0 Å². The first-order valence-electron chi connectivity index (χ1n) is 5.88. The van der Waals surface area contributed by atoms with Crippen LogP contribution in [0.5, 0.6) is 11.6 Å². The number of pyridine rings is 2. The van der Waals surface area contributed by atoms with Gasteiger partial charge in [-0.25, -0.2) is 4.98 Å². The van der Waals surface area contributed by atoms with Gasteiger partial charge in [0.1, 0.15) is 5.75 Å². The van der Waals surface area contributed by atoms with Gasteiger partial charge in [0, 0.05) is 28.2 Å². The van der Waals surface area contributed by atoms with Gasteiger partial charge >= 0.3 is 0 Å². The van der Waals surface area contributed by atoms with Crippen LogP contribution >= 0.6 is 15.9 Å². The summed E-state index contributed by atoms with van der Waals surface area (Å²) in [5.74, 6) is 1.32. The lowest BCUT2D eigenvalue weighted by atomic mass is 10.2. The van der Waals surface area contributed by atoms with E-state index in [2.05, 4.69) is 25.9 Å². The molecule has 94 valence electrons. The van der Waals surface area contributed by atoms with E-state index in [9.17, 15) is 0 Å². The summed E-state index contributed by atoms with van der Waals surface area (Å²) in [6.07, 6.45) is 1.77. The first kappa shape index (κ1) is 12.1. The van der Waals surface area contributed by atoms with Crippen LogP contribution in [0.1, 0.15) is 5.69 Å². The van der Waals surface area contributed by atoms with Crippen molar-refractivity contribution in [3.05, 3.63) is 58.8 Å². The molecule has 4 heteroatoms. The van der Waals surface area contributed by atoms with Gasteiger partial charge in [-0.3, -0.25) is 4.98 Å². The molecule has 3 rings (SSSR count). The molecule has 0 radical (unpaired) electrons. The van der Waals surface area contributed by atoms with Crippen LogP contribution in [0, 0.1) is 6.92 Å². The summed E-state index contributed by atoms with van der Waals surface area (Å²) in [6.45, 7) is 1.93. The smallest absolute Gasteiger partial charge is 0.219 e. The molecule has 3 nitrogen and oxygen atoms in total. The number of nitrogens with zero attached hydrogens (tertiary/aromatic N) is 2. The third-order valence-electron chi connectivity index (χ3n) is 2.80. The molecule has 0 aliphatic carbocycles. The number of halogens is 1. The Morgan fingerprint density at radius 3 is 2.84 bits per heavy atom. The van der Waals surface area contributed by atoms with E-state index in [1.807, 2.05) is 49.4 Å². The second-order valence-corrected chi connectivity index (χ2v) is 5.03. The number of hydrogen-bond donors (Lipinski definition) is 0. The number of aryl methyl sites for hydroxylation is 1. The average Bonchev–Trinajstić information content (AvgIpc) is 2.43. The molecule has 0 atom stereocenters. The molecule has 2 aromatic heterocycles. The van der Waals surface area contributed by atoms with Crippen LogP contribution in [0.15, 0.2) is 53.1 Å². The van der Waals surface area contributed by atoms with E-state index < -0.39 is 0 Å². The van der Waals surface area contributed by atoms with Crippen LogP contribution in [0.25, 0.3) is 10.9 Å². The van der Waals surface area contributed by atoms with Crippen molar-refractivity contribution in [1.29, 1.82) is 0 Å². The van der Waals surface area contributed by atoms with E-state index in [1.54, 1.807) is 6.20 Å². The fourth-order valence-corrected chi connectivity index (χ4v) is 2.03. The monoisotopic (exact) mass is 314 g/mol. The number of aromatic nitrogens is 2. The summed E-state index contributed by atoms with van der Waals surface area (Å²) in [4.78, 5) is 8.67. The second kappa shape index (κ2) is 4.97. The minimum absolute atomic E-state index is 0.580.